The summed E-state index contributed by atoms with van der Waals surface area (Å²) in [4.78, 5) is 9.09. The molecular weight excluding hydrogens is 354 g/mol. The van der Waals surface area contributed by atoms with Gasteiger partial charge in [0.15, 0.2) is 0 Å². The van der Waals surface area contributed by atoms with Crippen molar-refractivity contribution in [1.29, 1.82) is 0 Å². The molecule has 1 saturated heterocycles. The fourth-order valence-corrected chi connectivity index (χ4v) is 6.21. The Hall–Kier alpha value is -0.460. The van der Waals surface area contributed by atoms with Gasteiger partial charge in [0.25, 0.3) is 0 Å². The summed E-state index contributed by atoms with van der Waals surface area (Å²) in [5.41, 5.74) is 1.66. The Labute approximate surface area is 160 Å². The van der Waals surface area contributed by atoms with Crippen molar-refractivity contribution >= 4 is 29.1 Å². The van der Waals surface area contributed by atoms with Gasteiger partial charge in [0.2, 0.25) is 0 Å². The van der Waals surface area contributed by atoms with Gasteiger partial charge in [-0.2, -0.15) is 0 Å². The maximum Gasteiger partial charge on any atom is 0.135 e. The number of aliphatic hydroxyl groups excluding tert-OH is 1. The number of para-hydroxylation sites is 1. The average molecular weight is 382 g/mol. The number of fused-ring (bicyclic) bond motifs is 1. The Balaban J connectivity index is 1.50. The molecule has 2 aliphatic heterocycles. The molecule has 0 spiro atoms. The van der Waals surface area contributed by atoms with Crippen LogP contribution in [0.1, 0.15) is 32.1 Å². The molecule has 2 heterocycles. The molecule has 25 heavy (non-hydrogen) atoms. The Kier molecular flexibility index (Phi) is 5.77. The molecule has 1 unspecified atom stereocenters. The number of piperazine rings is 1. The standard InChI is InChI=1S/C19H28ClN3OS/c20-16-7-3-8-17-18(16)23(15-5-1-2-6-15)19(25-17)22-12-10-21(11-13-22)9-4-14-24/h3,7-8,15,19,24H,1-2,4-6,9-14H2. The number of anilines is 1. The number of halogens is 1. The van der Waals surface area contributed by atoms with Crippen molar-refractivity contribution in [2.24, 2.45) is 0 Å². The minimum absolute atomic E-state index is 0.294. The first kappa shape index (κ1) is 17.9. The van der Waals surface area contributed by atoms with Gasteiger partial charge >= 0.3 is 0 Å². The second kappa shape index (κ2) is 8.05. The first-order chi connectivity index (χ1) is 12.3. The molecule has 1 N–H and O–H groups in total. The monoisotopic (exact) mass is 381 g/mol. The summed E-state index contributed by atoms with van der Waals surface area (Å²) in [7, 11) is 0. The number of nitrogens with zero attached hydrogens (tertiary/aromatic N) is 3. The minimum atomic E-state index is 0.294. The minimum Gasteiger partial charge on any atom is -0.396 e. The van der Waals surface area contributed by atoms with E-state index in [-0.39, 0.29) is 0 Å². The van der Waals surface area contributed by atoms with Crippen LogP contribution in [0.25, 0.3) is 0 Å². The third-order valence-electron chi connectivity index (χ3n) is 5.75. The molecule has 2 fully saturated rings. The van der Waals surface area contributed by atoms with E-state index in [1.807, 2.05) is 17.8 Å². The summed E-state index contributed by atoms with van der Waals surface area (Å²) in [5.74, 6) is 0. The highest BCUT2D eigenvalue weighted by atomic mass is 35.5. The van der Waals surface area contributed by atoms with Crippen LogP contribution in [0.3, 0.4) is 0 Å². The van der Waals surface area contributed by atoms with E-state index in [1.165, 1.54) is 36.3 Å². The quantitative estimate of drug-likeness (QED) is 0.843. The number of benzene rings is 1. The van der Waals surface area contributed by atoms with Gasteiger partial charge in [0, 0.05) is 50.3 Å². The maximum atomic E-state index is 9.04. The molecule has 6 heteroatoms. The maximum absolute atomic E-state index is 9.04. The molecule has 1 aliphatic carbocycles. The van der Waals surface area contributed by atoms with Crippen molar-refractivity contribution in [2.75, 3.05) is 44.2 Å². The highest BCUT2D eigenvalue weighted by Crippen LogP contribution is 2.51. The highest BCUT2D eigenvalue weighted by Gasteiger charge is 2.41. The van der Waals surface area contributed by atoms with Crippen molar-refractivity contribution in [3.63, 3.8) is 0 Å². The summed E-state index contributed by atoms with van der Waals surface area (Å²) in [6.07, 6.45) is 6.14. The largest absolute Gasteiger partial charge is 0.396 e. The average Bonchev–Trinajstić information content (AvgIpc) is 3.28. The Morgan fingerprint density at radius 1 is 1.12 bits per heavy atom. The number of rotatable bonds is 5. The molecule has 1 atom stereocenters. The lowest BCUT2D eigenvalue weighted by atomic mass is 10.2. The van der Waals surface area contributed by atoms with Crippen LogP contribution in [-0.4, -0.2) is 65.8 Å². The summed E-state index contributed by atoms with van der Waals surface area (Å²) >= 11 is 8.60. The second-order valence-corrected chi connectivity index (χ2v) is 8.84. The molecule has 0 amide bonds. The molecule has 138 valence electrons. The summed E-state index contributed by atoms with van der Waals surface area (Å²) < 4.78 is 0. The van der Waals surface area contributed by atoms with Crippen LogP contribution in [0.4, 0.5) is 5.69 Å². The second-order valence-electron chi connectivity index (χ2n) is 7.33. The highest BCUT2D eigenvalue weighted by molar-refractivity contribution is 8.00. The summed E-state index contributed by atoms with van der Waals surface area (Å²) in [6.45, 7) is 5.69. The molecular formula is C19H28ClN3OS. The zero-order valence-electron chi connectivity index (χ0n) is 14.7. The lowest BCUT2D eigenvalue weighted by molar-refractivity contribution is 0.114. The molecule has 0 radical (unpaired) electrons. The van der Waals surface area contributed by atoms with Gasteiger partial charge in [-0.15, -0.1) is 0 Å². The van der Waals surface area contributed by atoms with Gasteiger partial charge in [-0.05, 0) is 31.4 Å². The first-order valence-corrected chi connectivity index (χ1v) is 10.8. The molecule has 0 bridgehead atoms. The van der Waals surface area contributed by atoms with Crippen molar-refractivity contribution in [3.05, 3.63) is 23.2 Å². The first-order valence-electron chi connectivity index (χ1n) is 9.58. The SMILES string of the molecule is OCCCN1CCN(C2Sc3cccc(Cl)c3N2C2CCCC2)CC1. The molecule has 4 rings (SSSR count). The normalized spacial score (nSPS) is 25.7. The molecule has 3 aliphatic rings. The van der Waals surface area contributed by atoms with Gasteiger partial charge in [-0.3, -0.25) is 4.90 Å². The Morgan fingerprint density at radius 3 is 2.60 bits per heavy atom. The van der Waals surface area contributed by atoms with Crippen molar-refractivity contribution in [2.45, 2.75) is 48.5 Å². The van der Waals surface area contributed by atoms with Crippen LogP contribution in [0.5, 0.6) is 0 Å². The van der Waals surface area contributed by atoms with E-state index in [0.717, 1.165) is 44.2 Å². The Morgan fingerprint density at radius 2 is 1.88 bits per heavy atom. The van der Waals surface area contributed by atoms with Crippen LogP contribution in [0, 0.1) is 0 Å². The fourth-order valence-electron chi connectivity index (χ4n) is 4.42. The number of thioether (sulfide) groups is 1. The lowest BCUT2D eigenvalue weighted by Crippen LogP contribution is -2.55. The molecule has 0 aromatic heterocycles. The van der Waals surface area contributed by atoms with E-state index < -0.39 is 0 Å². The van der Waals surface area contributed by atoms with Crippen LogP contribution in [0.15, 0.2) is 23.1 Å². The van der Waals surface area contributed by atoms with E-state index in [1.54, 1.807) is 0 Å². The van der Waals surface area contributed by atoms with Crippen molar-refractivity contribution in [1.82, 2.24) is 9.80 Å². The predicted molar refractivity (Wildman–Crippen MR) is 106 cm³/mol. The van der Waals surface area contributed by atoms with E-state index in [4.69, 9.17) is 16.7 Å². The van der Waals surface area contributed by atoms with Crippen LogP contribution >= 0.6 is 23.4 Å². The molecule has 1 saturated carbocycles. The predicted octanol–water partition coefficient (Wildman–Crippen LogP) is 3.48. The van der Waals surface area contributed by atoms with E-state index >= 15 is 0 Å². The zero-order valence-corrected chi connectivity index (χ0v) is 16.3. The van der Waals surface area contributed by atoms with E-state index in [9.17, 15) is 0 Å². The summed E-state index contributed by atoms with van der Waals surface area (Å²) in [6, 6.07) is 6.98. The number of aliphatic hydroxyl groups is 1. The van der Waals surface area contributed by atoms with Gasteiger partial charge < -0.3 is 14.9 Å². The van der Waals surface area contributed by atoms with Gasteiger partial charge in [-0.1, -0.05) is 42.3 Å². The third kappa shape index (κ3) is 3.67. The van der Waals surface area contributed by atoms with Crippen LogP contribution in [-0.2, 0) is 0 Å². The van der Waals surface area contributed by atoms with E-state index in [2.05, 4.69) is 26.8 Å². The van der Waals surface area contributed by atoms with Gasteiger partial charge in [0.1, 0.15) is 5.50 Å². The molecule has 4 nitrogen and oxygen atoms in total. The smallest absolute Gasteiger partial charge is 0.135 e. The van der Waals surface area contributed by atoms with Crippen LogP contribution in [0.2, 0.25) is 5.02 Å². The van der Waals surface area contributed by atoms with Crippen LogP contribution < -0.4 is 4.90 Å². The van der Waals surface area contributed by atoms with Crippen molar-refractivity contribution in [3.8, 4) is 0 Å². The van der Waals surface area contributed by atoms with E-state index in [0.29, 0.717) is 18.1 Å². The number of hydrogen-bond donors (Lipinski definition) is 1. The topological polar surface area (TPSA) is 30.0 Å². The van der Waals surface area contributed by atoms with Gasteiger partial charge in [-0.25, -0.2) is 0 Å². The zero-order chi connectivity index (χ0) is 17.2. The van der Waals surface area contributed by atoms with Crippen molar-refractivity contribution < 1.29 is 5.11 Å². The van der Waals surface area contributed by atoms with Gasteiger partial charge in [0.05, 0.1) is 10.7 Å². The molecule has 1 aromatic carbocycles. The third-order valence-corrected chi connectivity index (χ3v) is 7.37. The Bertz CT molecular complexity index is 588. The fraction of sp³-hybridized carbons (Fsp3) is 0.684. The number of hydrogen-bond acceptors (Lipinski definition) is 5. The lowest BCUT2D eigenvalue weighted by Gasteiger charge is -2.43. The summed E-state index contributed by atoms with van der Waals surface area (Å²) in [5, 5.41) is 9.95. The molecule has 1 aromatic rings.